The number of nitrogen functional groups attached to an aromatic ring is 1. The lowest BCUT2D eigenvalue weighted by Gasteiger charge is -2.30. The molecule has 0 saturated heterocycles. The number of nitrogens with one attached hydrogen (secondary N) is 1. The molecule has 0 spiro atoms. The van der Waals surface area contributed by atoms with Gasteiger partial charge in [-0.15, -0.1) is 0 Å². The lowest BCUT2D eigenvalue weighted by Crippen LogP contribution is -2.44. The van der Waals surface area contributed by atoms with E-state index in [0.29, 0.717) is 35.8 Å². The molecule has 0 aromatic heterocycles. The number of carbonyl (C=O) groups is 1. The SMILES string of the molecule is CSC1CCCCC1NC(=O)CCOc1ccccc1N. The molecule has 116 valence electrons. The van der Waals surface area contributed by atoms with Crippen LogP contribution in [0.3, 0.4) is 0 Å². The van der Waals surface area contributed by atoms with Gasteiger partial charge in [0.1, 0.15) is 5.75 Å². The predicted octanol–water partition coefficient (Wildman–Crippen LogP) is 2.83. The fourth-order valence-corrected chi connectivity index (χ4v) is 3.62. The highest BCUT2D eigenvalue weighted by Crippen LogP contribution is 2.27. The van der Waals surface area contributed by atoms with Crippen LogP contribution in [0.1, 0.15) is 32.1 Å². The standard InChI is InChI=1S/C16H24N2O2S/c1-21-15-9-5-3-7-13(15)18-16(19)10-11-20-14-8-4-2-6-12(14)17/h2,4,6,8,13,15H,3,5,7,9-11,17H2,1H3,(H,18,19). The Kier molecular flexibility index (Phi) is 6.23. The number of hydrogen-bond acceptors (Lipinski definition) is 4. The Labute approximate surface area is 130 Å². The quantitative estimate of drug-likeness (QED) is 0.793. The van der Waals surface area contributed by atoms with Crippen LogP contribution in [0.25, 0.3) is 0 Å². The van der Waals surface area contributed by atoms with E-state index in [1.54, 1.807) is 6.07 Å². The summed E-state index contributed by atoms with van der Waals surface area (Å²) in [5.74, 6) is 0.709. The van der Waals surface area contributed by atoms with E-state index in [2.05, 4.69) is 11.6 Å². The first-order valence-electron chi connectivity index (χ1n) is 7.50. The maximum Gasteiger partial charge on any atom is 0.223 e. The highest BCUT2D eigenvalue weighted by atomic mass is 32.2. The van der Waals surface area contributed by atoms with Crippen molar-refractivity contribution >= 4 is 23.4 Å². The third-order valence-corrected chi connectivity index (χ3v) is 5.03. The minimum absolute atomic E-state index is 0.0652. The zero-order valence-electron chi connectivity index (χ0n) is 12.5. The van der Waals surface area contributed by atoms with Gasteiger partial charge in [-0.05, 0) is 31.2 Å². The van der Waals surface area contributed by atoms with Gasteiger partial charge in [0, 0.05) is 11.3 Å². The molecule has 0 bridgehead atoms. The van der Waals surface area contributed by atoms with Crippen LogP contribution in [0.2, 0.25) is 0 Å². The molecule has 1 saturated carbocycles. The summed E-state index contributed by atoms with van der Waals surface area (Å²) < 4.78 is 5.56. The second-order valence-corrected chi connectivity index (χ2v) is 6.45. The van der Waals surface area contributed by atoms with Gasteiger partial charge < -0.3 is 15.8 Å². The molecule has 21 heavy (non-hydrogen) atoms. The average Bonchev–Trinajstić information content (AvgIpc) is 2.50. The van der Waals surface area contributed by atoms with Gasteiger partial charge in [-0.2, -0.15) is 11.8 Å². The van der Waals surface area contributed by atoms with Gasteiger partial charge in [-0.3, -0.25) is 4.79 Å². The molecule has 3 N–H and O–H groups in total. The van der Waals surface area contributed by atoms with Gasteiger partial charge >= 0.3 is 0 Å². The maximum absolute atomic E-state index is 12.0. The molecular weight excluding hydrogens is 284 g/mol. The largest absolute Gasteiger partial charge is 0.491 e. The van der Waals surface area contributed by atoms with Crippen molar-refractivity contribution in [2.24, 2.45) is 0 Å². The molecule has 0 aliphatic heterocycles. The zero-order chi connectivity index (χ0) is 15.1. The number of benzene rings is 1. The minimum Gasteiger partial charge on any atom is -0.491 e. The summed E-state index contributed by atoms with van der Waals surface area (Å²) in [6.07, 6.45) is 7.25. The summed E-state index contributed by atoms with van der Waals surface area (Å²) in [6.45, 7) is 0.358. The summed E-state index contributed by atoms with van der Waals surface area (Å²) in [5.41, 5.74) is 6.40. The van der Waals surface area contributed by atoms with Crippen LogP contribution in [0.5, 0.6) is 5.75 Å². The van der Waals surface area contributed by atoms with Crippen LogP contribution >= 0.6 is 11.8 Å². The smallest absolute Gasteiger partial charge is 0.223 e. The van der Waals surface area contributed by atoms with Crippen LogP contribution in [0.15, 0.2) is 24.3 Å². The van der Waals surface area contributed by atoms with E-state index in [-0.39, 0.29) is 5.91 Å². The third kappa shape index (κ3) is 4.84. The number of thioether (sulfide) groups is 1. The lowest BCUT2D eigenvalue weighted by atomic mass is 9.95. The Hall–Kier alpha value is -1.36. The number of carbonyl (C=O) groups excluding carboxylic acids is 1. The third-order valence-electron chi connectivity index (χ3n) is 3.86. The molecule has 1 aromatic carbocycles. The Morgan fingerprint density at radius 1 is 1.38 bits per heavy atom. The van der Waals surface area contributed by atoms with E-state index < -0.39 is 0 Å². The maximum atomic E-state index is 12.0. The van der Waals surface area contributed by atoms with Gasteiger partial charge in [-0.25, -0.2) is 0 Å². The number of hydrogen-bond donors (Lipinski definition) is 2. The number of para-hydroxylation sites is 2. The summed E-state index contributed by atoms with van der Waals surface area (Å²) in [4.78, 5) is 12.0. The van der Waals surface area contributed by atoms with Gasteiger partial charge in [0.05, 0.1) is 18.7 Å². The Balaban J connectivity index is 1.73. The fourth-order valence-electron chi connectivity index (χ4n) is 2.69. The van der Waals surface area contributed by atoms with E-state index in [0.717, 1.165) is 6.42 Å². The zero-order valence-corrected chi connectivity index (χ0v) is 13.3. The van der Waals surface area contributed by atoms with E-state index in [4.69, 9.17) is 10.5 Å². The molecule has 1 amide bonds. The molecule has 2 unspecified atom stereocenters. The molecule has 4 nitrogen and oxygen atoms in total. The van der Waals surface area contributed by atoms with Crippen molar-refractivity contribution in [3.63, 3.8) is 0 Å². The van der Waals surface area contributed by atoms with Gasteiger partial charge in [-0.1, -0.05) is 25.0 Å². The summed E-state index contributed by atoms with van der Waals surface area (Å²) in [7, 11) is 0. The summed E-state index contributed by atoms with van der Waals surface area (Å²) in [6, 6.07) is 7.65. The monoisotopic (exact) mass is 308 g/mol. The van der Waals surface area contributed by atoms with Crippen LogP contribution in [0.4, 0.5) is 5.69 Å². The van der Waals surface area contributed by atoms with Gasteiger partial charge in [0.15, 0.2) is 0 Å². The first-order valence-corrected chi connectivity index (χ1v) is 8.79. The molecular formula is C16H24N2O2S. The van der Waals surface area contributed by atoms with Crippen molar-refractivity contribution in [2.75, 3.05) is 18.6 Å². The molecule has 1 aliphatic rings. The van der Waals surface area contributed by atoms with Crippen molar-refractivity contribution < 1.29 is 9.53 Å². The van der Waals surface area contributed by atoms with Gasteiger partial charge in [0.25, 0.3) is 0 Å². The second kappa shape index (κ2) is 8.17. The van der Waals surface area contributed by atoms with Crippen molar-refractivity contribution in [1.29, 1.82) is 0 Å². The normalized spacial score (nSPS) is 21.8. The number of amides is 1. The molecule has 1 aliphatic carbocycles. The highest BCUT2D eigenvalue weighted by molar-refractivity contribution is 7.99. The van der Waals surface area contributed by atoms with E-state index in [1.165, 1.54) is 19.3 Å². The molecule has 5 heteroatoms. The van der Waals surface area contributed by atoms with Crippen molar-refractivity contribution in [3.05, 3.63) is 24.3 Å². The Morgan fingerprint density at radius 3 is 2.90 bits per heavy atom. The molecule has 0 heterocycles. The van der Waals surface area contributed by atoms with Crippen LogP contribution in [-0.4, -0.2) is 30.1 Å². The van der Waals surface area contributed by atoms with Crippen LogP contribution in [-0.2, 0) is 4.79 Å². The summed E-state index contributed by atoms with van der Waals surface area (Å²) >= 11 is 1.86. The van der Waals surface area contributed by atoms with Crippen LogP contribution < -0.4 is 15.8 Å². The van der Waals surface area contributed by atoms with E-state index in [9.17, 15) is 4.79 Å². The Morgan fingerprint density at radius 2 is 2.14 bits per heavy atom. The number of anilines is 1. The topological polar surface area (TPSA) is 64.3 Å². The molecule has 2 rings (SSSR count). The van der Waals surface area contributed by atoms with Crippen molar-refractivity contribution in [1.82, 2.24) is 5.32 Å². The molecule has 2 atom stereocenters. The van der Waals surface area contributed by atoms with Crippen molar-refractivity contribution in [3.8, 4) is 5.75 Å². The predicted molar refractivity (Wildman–Crippen MR) is 88.7 cm³/mol. The fraction of sp³-hybridized carbons (Fsp3) is 0.562. The average molecular weight is 308 g/mol. The summed E-state index contributed by atoms with van der Waals surface area (Å²) in [5, 5.41) is 3.70. The number of ether oxygens (including phenoxy) is 1. The van der Waals surface area contributed by atoms with E-state index >= 15 is 0 Å². The molecule has 1 fully saturated rings. The lowest BCUT2D eigenvalue weighted by molar-refractivity contribution is -0.122. The second-order valence-electron chi connectivity index (χ2n) is 5.37. The molecule has 0 radical (unpaired) electrons. The highest BCUT2D eigenvalue weighted by Gasteiger charge is 2.25. The van der Waals surface area contributed by atoms with Crippen molar-refractivity contribution in [2.45, 2.75) is 43.4 Å². The first kappa shape index (κ1) is 16.0. The number of rotatable bonds is 6. The Bertz CT molecular complexity index is 467. The van der Waals surface area contributed by atoms with Gasteiger partial charge in [0.2, 0.25) is 5.91 Å². The molecule has 1 aromatic rings. The number of nitrogens with two attached hydrogens (primary N) is 1. The van der Waals surface area contributed by atoms with E-state index in [1.807, 2.05) is 30.0 Å². The minimum atomic E-state index is 0.0652. The first-order chi connectivity index (χ1) is 10.2. The van der Waals surface area contributed by atoms with Crippen LogP contribution in [0, 0.1) is 0 Å².